The summed E-state index contributed by atoms with van der Waals surface area (Å²) in [5.41, 5.74) is 0. The molecule has 0 saturated heterocycles. The Bertz CT molecular complexity index is 1130. The lowest BCUT2D eigenvalue weighted by Gasteiger charge is -2.27. The summed E-state index contributed by atoms with van der Waals surface area (Å²) in [6.45, 7) is 4.11. The van der Waals surface area contributed by atoms with Crippen LogP contribution in [-0.2, 0) is 4.79 Å². The number of allylic oxidation sites excluding steroid dienone is 2. The van der Waals surface area contributed by atoms with E-state index in [2.05, 4.69) is 31.3 Å². The molecule has 0 heterocycles. The van der Waals surface area contributed by atoms with Gasteiger partial charge in [0.2, 0.25) is 5.91 Å². The SMILES string of the molecule is CCCCCCCCCCCCCCCCCCCCCCCCCCC/C=C/CCCC(O)C(O)C(CO)NC(=O)C(O)CCCCCCCCCCCCCCCCCCCCCCCCCCCCCCCCC. The van der Waals surface area contributed by atoms with Gasteiger partial charge in [0.15, 0.2) is 0 Å². The number of nitrogens with one attached hydrogen (secondary N) is 1. The van der Waals surface area contributed by atoms with E-state index in [1.54, 1.807) is 0 Å². The van der Waals surface area contributed by atoms with Crippen molar-refractivity contribution in [2.75, 3.05) is 6.61 Å². The Balaban J connectivity index is 3.53. The van der Waals surface area contributed by atoms with Gasteiger partial charge in [-0.2, -0.15) is 0 Å². The second-order valence-corrected chi connectivity index (χ2v) is 24.9. The topological polar surface area (TPSA) is 110 Å². The van der Waals surface area contributed by atoms with E-state index in [0.717, 1.165) is 38.5 Å². The molecule has 6 heteroatoms. The summed E-state index contributed by atoms with van der Waals surface area (Å²) in [6.07, 6.45) is 82.1. The van der Waals surface area contributed by atoms with Crippen molar-refractivity contribution in [3.8, 4) is 0 Å². The molecule has 0 rings (SSSR count). The van der Waals surface area contributed by atoms with E-state index in [-0.39, 0.29) is 0 Å². The molecule has 0 aromatic rings. The first-order valence-electron chi connectivity index (χ1n) is 35.6. The van der Waals surface area contributed by atoms with Crippen LogP contribution in [0.1, 0.15) is 406 Å². The molecule has 0 spiro atoms. The van der Waals surface area contributed by atoms with Gasteiger partial charge in [0.1, 0.15) is 12.2 Å². The Labute approximate surface area is 482 Å². The zero-order valence-electron chi connectivity index (χ0n) is 52.5. The average molecular weight is 1090 g/mol. The number of unbranched alkanes of at least 4 members (excludes halogenated alkanes) is 56. The van der Waals surface area contributed by atoms with Crippen LogP contribution < -0.4 is 5.32 Å². The van der Waals surface area contributed by atoms with Gasteiger partial charge < -0.3 is 25.7 Å². The van der Waals surface area contributed by atoms with E-state index < -0.39 is 36.9 Å². The summed E-state index contributed by atoms with van der Waals surface area (Å²) in [7, 11) is 0. The van der Waals surface area contributed by atoms with Crippen molar-refractivity contribution < 1.29 is 25.2 Å². The van der Waals surface area contributed by atoms with Crippen molar-refractivity contribution in [1.29, 1.82) is 0 Å². The normalized spacial score (nSPS) is 13.5. The summed E-state index contributed by atoms with van der Waals surface area (Å²) in [5.74, 6) is -0.584. The number of amides is 1. The van der Waals surface area contributed by atoms with Crippen molar-refractivity contribution in [2.24, 2.45) is 0 Å². The average Bonchev–Trinajstić information content (AvgIpc) is 3.43. The Kier molecular flexibility index (Phi) is 65.0. The van der Waals surface area contributed by atoms with Crippen LogP contribution in [-0.4, -0.2) is 57.3 Å². The fourth-order valence-electron chi connectivity index (χ4n) is 11.7. The Morgan fingerprint density at radius 1 is 0.312 bits per heavy atom. The van der Waals surface area contributed by atoms with Crippen LogP contribution >= 0.6 is 0 Å². The minimum Gasteiger partial charge on any atom is -0.394 e. The molecule has 77 heavy (non-hydrogen) atoms. The van der Waals surface area contributed by atoms with E-state index in [1.807, 2.05) is 0 Å². The number of hydrogen-bond acceptors (Lipinski definition) is 5. The first kappa shape index (κ1) is 76.0. The van der Waals surface area contributed by atoms with Crippen molar-refractivity contribution in [1.82, 2.24) is 5.32 Å². The highest BCUT2D eigenvalue weighted by atomic mass is 16.3. The lowest BCUT2D eigenvalue weighted by atomic mass is 10.00. The van der Waals surface area contributed by atoms with Gasteiger partial charge in [0.05, 0.1) is 18.8 Å². The molecule has 0 bridgehead atoms. The maximum atomic E-state index is 12.7. The van der Waals surface area contributed by atoms with E-state index in [4.69, 9.17) is 0 Å². The van der Waals surface area contributed by atoms with Crippen molar-refractivity contribution >= 4 is 5.91 Å². The first-order valence-corrected chi connectivity index (χ1v) is 35.6. The van der Waals surface area contributed by atoms with Gasteiger partial charge in [-0.05, 0) is 38.5 Å². The Hall–Kier alpha value is -0.950. The maximum Gasteiger partial charge on any atom is 0.249 e. The van der Waals surface area contributed by atoms with Crippen LogP contribution in [0.2, 0.25) is 0 Å². The quantitative estimate of drug-likeness (QED) is 0.0308. The predicted octanol–water partition coefficient (Wildman–Crippen LogP) is 21.9. The van der Waals surface area contributed by atoms with Gasteiger partial charge in [-0.1, -0.05) is 379 Å². The molecule has 4 unspecified atom stereocenters. The zero-order valence-corrected chi connectivity index (χ0v) is 52.5. The fraction of sp³-hybridized carbons (Fsp3) is 0.958. The first-order chi connectivity index (χ1) is 38.0. The molecule has 0 radical (unpaired) electrons. The minimum absolute atomic E-state index is 0.369. The molecule has 0 aliphatic carbocycles. The third-order valence-electron chi connectivity index (χ3n) is 17.2. The molecule has 5 N–H and O–H groups in total. The number of carbonyl (C=O) groups is 1. The van der Waals surface area contributed by atoms with Crippen LogP contribution in [0.5, 0.6) is 0 Å². The summed E-state index contributed by atoms with van der Waals surface area (Å²) in [6, 6.07) is -1.00. The van der Waals surface area contributed by atoms with Gasteiger partial charge in [-0.15, -0.1) is 0 Å². The third-order valence-corrected chi connectivity index (χ3v) is 17.2. The van der Waals surface area contributed by atoms with E-state index in [9.17, 15) is 25.2 Å². The van der Waals surface area contributed by atoms with Gasteiger partial charge >= 0.3 is 0 Å². The van der Waals surface area contributed by atoms with E-state index in [1.165, 1.54) is 340 Å². The monoisotopic (exact) mass is 1090 g/mol. The Morgan fingerprint density at radius 3 is 0.779 bits per heavy atom. The molecule has 1 amide bonds. The molecule has 0 aromatic heterocycles. The second kappa shape index (κ2) is 65.9. The van der Waals surface area contributed by atoms with E-state index in [0.29, 0.717) is 12.8 Å². The van der Waals surface area contributed by atoms with Crippen molar-refractivity contribution in [3.05, 3.63) is 12.2 Å². The lowest BCUT2D eigenvalue weighted by Crippen LogP contribution is -2.53. The van der Waals surface area contributed by atoms with Crippen LogP contribution in [0, 0.1) is 0 Å². The number of aliphatic hydroxyl groups excluding tert-OH is 4. The minimum atomic E-state index is -1.28. The molecular weight excluding hydrogens is 947 g/mol. The molecule has 0 aliphatic rings. The molecule has 4 atom stereocenters. The van der Waals surface area contributed by atoms with Crippen LogP contribution in [0.15, 0.2) is 12.2 Å². The Morgan fingerprint density at radius 2 is 0.532 bits per heavy atom. The summed E-state index contributed by atoms with van der Waals surface area (Å²) < 4.78 is 0. The smallest absolute Gasteiger partial charge is 0.249 e. The predicted molar refractivity (Wildman–Crippen MR) is 339 cm³/mol. The highest BCUT2D eigenvalue weighted by Gasteiger charge is 2.28. The third kappa shape index (κ3) is 59.5. The van der Waals surface area contributed by atoms with Crippen molar-refractivity contribution in [2.45, 2.75) is 430 Å². The number of aliphatic hydroxyl groups is 4. The van der Waals surface area contributed by atoms with Crippen LogP contribution in [0.4, 0.5) is 0 Å². The highest BCUT2D eigenvalue weighted by Crippen LogP contribution is 2.20. The molecule has 0 fully saturated rings. The maximum absolute atomic E-state index is 12.7. The second-order valence-electron chi connectivity index (χ2n) is 24.9. The fourth-order valence-corrected chi connectivity index (χ4v) is 11.7. The van der Waals surface area contributed by atoms with Gasteiger partial charge in [-0.3, -0.25) is 4.79 Å². The van der Waals surface area contributed by atoms with E-state index >= 15 is 0 Å². The molecule has 460 valence electrons. The molecule has 6 nitrogen and oxygen atoms in total. The van der Waals surface area contributed by atoms with Gasteiger partial charge in [-0.25, -0.2) is 0 Å². The molecule has 0 aromatic carbocycles. The molecule has 0 aliphatic heterocycles. The number of hydrogen-bond donors (Lipinski definition) is 5. The van der Waals surface area contributed by atoms with Crippen LogP contribution in [0.3, 0.4) is 0 Å². The molecule has 0 saturated carbocycles. The van der Waals surface area contributed by atoms with Gasteiger partial charge in [0.25, 0.3) is 0 Å². The lowest BCUT2D eigenvalue weighted by molar-refractivity contribution is -0.132. The standard InChI is InChI=1S/C71H141NO5/c1-3-5-7-9-11-13-15-17-19-21-23-25-27-29-31-33-35-37-39-41-43-45-47-49-51-53-55-57-59-61-63-65-69(75)71(77)72-67(66-73)70(76)68(74)64-62-60-58-56-54-52-50-48-46-44-42-40-38-36-34-32-30-28-26-24-22-20-18-16-14-12-10-8-6-4-2/h56,58,67-70,73-76H,3-55,57,59-66H2,1-2H3,(H,72,77)/b58-56+. The van der Waals surface area contributed by atoms with Crippen LogP contribution in [0.25, 0.3) is 0 Å². The highest BCUT2D eigenvalue weighted by molar-refractivity contribution is 5.80. The van der Waals surface area contributed by atoms with Gasteiger partial charge in [0, 0.05) is 0 Å². The number of rotatable bonds is 67. The number of carbonyl (C=O) groups excluding carboxylic acids is 1. The van der Waals surface area contributed by atoms with Crippen molar-refractivity contribution in [3.63, 3.8) is 0 Å². The summed E-state index contributed by atoms with van der Waals surface area (Å²) in [5, 5.41) is 44.2. The summed E-state index contributed by atoms with van der Waals surface area (Å²) in [4.78, 5) is 12.7. The summed E-state index contributed by atoms with van der Waals surface area (Å²) >= 11 is 0. The largest absolute Gasteiger partial charge is 0.394 e. The molecular formula is C71H141NO5. The zero-order chi connectivity index (χ0) is 55.8.